The van der Waals surface area contributed by atoms with E-state index in [1.807, 2.05) is 38.1 Å². The quantitative estimate of drug-likeness (QED) is 0.735. The van der Waals surface area contributed by atoms with Gasteiger partial charge in [0.15, 0.2) is 11.5 Å². The van der Waals surface area contributed by atoms with Crippen molar-refractivity contribution in [2.75, 3.05) is 33.9 Å². The molecule has 25 heavy (non-hydrogen) atoms. The number of hydrogen-bond acceptors (Lipinski definition) is 4. The number of rotatable bonds is 8. The standard InChI is InChI=1S/C20H25NO4/c1-5-24-19-14-16(8-11-18(19)23-4)20(22)21(3)12-13-25-17-9-6-15(2)7-10-17/h6-11,14H,5,12-13H2,1-4H3. The van der Waals surface area contributed by atoms with Crippen LogP contribution in [-0.2, 0) is 0 Å². The molecule has 2 aromatic carbocycles. The molecule has 0 aliphatic carbocycles. The fraction of sp³-hybridized carbons (Fsp3) is 0.350. The molecule has 5 nitrogen and oxygen atoms in total. The van der Waals surface area contributed by atoms with E-state index >= 15 is 0 Å². The molecule has 0 aromatic heterocycles. The molecular formula is C20H25NO4. The lowest BCUT2D eigenvalue weighted by Gasteiger charge is -2.18. The highest BCUT2D eigenvalue weighted by molar-refractivity contribution is 5.94. The molecule has 0 N–H and O–H groups in total. The van der Waals surface area contributed by atoms with Gasteiger partial charge in [-0.15, -0.1) is 0 Å². The number of likely N-dealkylation sites (N-methyl/N-ethyl adjacent to an activating group) is 1. The number of nitrogens with zero attached hydrogens (tertiary/aromatic N) is 1. The van der Waals surface area contributed by atoms with Crippen LogP contribution in [0.4, 0.5) is 0 Å². The lowest BCUT2D eigenvalue weighted by molar-refractivity contribution is 0.0773. The first kappa shape index (κ1) is 18.6. The maximum atomic E-state index is 12.6. The first-order valence-corrected chi connectivity index (χ1v) is 8.31. The van der Waals surface area contributed by atoms with Gasteiger partial charge in [0.25, 0.3) is 5.91 Å². The first-order valence-electron chi connectivity index (χ1n) is 8.31. The van der Waals surface area contributed by atoms with Crippen LogP contribution in [0, 0.1) is 6.92 Å². The van der Waals surface area contributed by atoms with Crippen LogP contribution in [0.15, 0.2) is 42.5 Å². The lowest BCUT2D eigenvalue weighted by Crippen LogP contribution is -2.30. The van der Waals surface area contributed by atoms with Crippen LogP contribution < -0.4 is 14.2 Å². The smallest absolute Gasteiger partial charge is 0.253 e. The van der Waals surface area contributed by atoms with Gasteiger partial charge in [0, 0.05) is 12.6 Å². The number of aryl methyl sites for hydroxylation is 1. The molecule has 2 rings (SSSR count). The zero-order valence-electron chi connectivity index (χ0n) is 15.2. The molecule has 0 fully saturated rings. The van der Waals surface area contributed by atoms with Gasteiger partial charge >= 0.3 is 0 Å². The fourth-order valence-corrected chi connectivity index (χ4v) is 2.33. The van der Waals surface area contributed by atoms with Crippen molar-refractivity contribution in [3.05, 3.63) is 53.6 Å². The van der Waals surface area contributed by atoms with Crippen LogP contribution in [0.25, 0.3) is 0 Å². The van der Waals surface area contributed by atoms with E-state index < -0.39 is 0 Å². The summed E-state index contributed by atoms with van der Waals surface area (Å²) in [7, 11) is 3.33. The molecule has 1 amide bonds. The Kier molecular flexibility index (Phi) is 6.69. The van der Waals surface area contributed by atoms with Gasteiger partial charge in [0.05, 0.1) is 20.3 Å². The Morgan fingerprint density at radius 1 is 1.04 bits per heavy atom. The summed E-state index contributed by atoms with van der Waals surface area (Å²) < 4.78 is 16.4. The Labute approximate surface area is 149 Å². The Balaban J connectivity index is 1.94. The van der Waals surface area contributed by atoms with Gasteiger partial charge in [-0.2, -0.15) is 0 Å². The summed E-state index contributed by atoms with van der Waals surface area (Å²) in [5.41, 5.74) is 1.74. The zero-order valence-corrected chi connectivity index (χ0v) is 15.2. The minimum absolute atomic E-state index is 0.0869. The van der Waals surface area contributed by atoms with Gasteiger partial charge < -0.3 is 19.1 Å². The molecule has 0 bridgehead atoms. The van der Waals surface area contributed by atoms with E-state index in [0.29, 0.717) is 36.8 Å². The predicted molar refractivity (Wildman–Crippen MR) is 97.8 cm³/mol. The number of amides is 1. The second kappa shape index (κ2) is 8.97. The van der Waals surface area contributed by atoms with Gasteiger partial charge in [-0.1, -0.05) is 17.7 Å². The molecular weight excluding hydrogens is 318 g/mol. The van der Waals surface area contributed by atoms with E-state index in [9.17, 15) is 4.79 Å². The minimum atomic E-state index is -0.0869. The number of methoxy groups -OCH3 is 1. The first-order chi connectivity index (χ1) is 12.0. The normalized spacial score (nSPS) is 10.2. The number of hydrogen-bond donors (Lipinski definition) is 0. The number of ether oxygens (including phenoxy) is 3. The van der Waals surface area contributed by atoms with Gasteiger partial charge in [-0.25, -0.2) is 0 Å². The van der Waals surface area contributed by atoms with Crippen LogP contribution in [0.2, 0.25) is 0 Å². The monoisotopic (exact) mass is 343 g/mol. The summed E-state index contributed by atoms with van der Waals surface area (Å²) in [6, 6.07) is 13.0. The third-order valence-corrected chi connectivity index (χ3v) is 3.77. The molecule has 0 atom stereocenters. The number of benzene rings is 2. The van der Waals surface area contributed by atoms with Gasteiger partial charge in [-0.05, 0) is 44.2 Å². The van der Waals surface area contributed by atoms with Gasteiger partial charge in [0.1, 0.15) is 12.4 Å². The number of carbonyl (C=O) groups excluding carboxylic acids is 1. The average molecular weight is 343 g/mol. The van der Waals surface area contributed by atoms with Crippen molar-refractivity contribution >= 4 is 5.91 Å². The Bertz CT molecular complexity index is 697. The SMILES string of the molecule is CCOc1cc(C(=O)N(C)CCOc2ccc(C)cc2)ccc1OC. The number of carbonyl (C=O) groups is 1. The molecule has 0 radical (unpaired) electrons. The molecule has 134 valence electrons. The summed E-state index contributed by atoms with van der Waals surface area (Å²) in [4.78, 5) is 14.2. The molecule has 0 saturated heterocycles. The summed E-state index contributed by atoms with van der Waals surface area (Å²) in [6.45, 7) is 5.35. The van der Waals surface area contributed by atoms with E-state index in [0.717, 1.165) is 5.75 Å². The van der Waals surface area contributed by atoms with Crippen molar-refractivity contribution in [2.24, 2.45) is 0 Å². The molecule has 5 heteroatoms. The highest BCUT2D eigenvalue weighted by Gasteiger charge is 2.15. The second-order valence-electron chi connectivity index (χ2n) is 5.69. The average Bonchev–Trinajstić information content (AvgIpc) is 2.63. The van der Waals surface area contributed by atoms with Crippen molar-refractivity contribution in [3.63, 3.8) is 0 Å². The Morgan fingerprint density at radius 3 is 2.40 bits per heavy atom. The largest absolute Gasteiger partial charge is 0.493 e. The predicted octanol–water partition coefficient (Wildman–Crippen LogP) is 3.55. The lowest BCUT2D eigenvalue weighted by atomic mass is 10.1. The van der Waals surface area contributed by atoms with Crippen molar-refractivity contribution in [3.8, 4) is 17.2 Å². The molecule has 0 unspecified atom stereocenters. The third-order valence-electron chi connectivity index (χ3n) is 3.77. The fourth-order valence-electron chi connectivity index (χ4n) is 2.33. The maximum absolute atomic E-state index is 12.6. The summed E-state index contributed by atoms with van der Waals surface area (Å²) in [5, 5.41) is 0. The van der Waals surface area contributed by atoms with Crippen LogP contribution in [0.3, 0.4) is 0 Å². The van der Waals surface area contributed by atoms with E-state index in [1.165, 1.54) is 5.56 Å². The van der Waals surface area contributed by atoms with Crippen molar-refractivity contribution < 1.29 is 19.0 Å². The van der Waals surface area contributed by atoms with Gasteiger partial charge in [-0.3, -0.25) is 4.79 Å². The Hall–Kier alpha value is -2.69. The molecule has 0 spiro atoms. The molecule has 0 aliphatic heterocycles. The van der Waals surface area contributed by atoms with Gasteiger partial charge in [0.2, 0.25) is 0 Å². The maximum Gasteiger partial charge on any atom is 0.253 e. The van der Waals surface area contributed by atoms with Crippen LogP contribution in [0.5, 0.6) is 17.2 Å². The third kappa shape index (κ3) is 5.14. The van der Waals surface area contributed by atoms with Crippen molar-refractivity contribution in [1.82, 2.24) is 4.90 Å². The molecule has 0 aliphatic rings. The zero-order chi connectivity index (χ0) is 18.2. The Morgan fingerprint density at radius 2 is 1.76 bits per heavy atom. The summed E-state index contributed by atoms with van der Waals surface area (Å²) in [6.07, 6.45) is 0. The topological polar surface area (TPSA) is 48.0 Å². The highest BCUT2D eigenvalue weighted by atomic mass is 16.5. The van der Waals surface area contributed by atoms with Crippen molar-refractivity contribution in [2.45, 2.75) is 13.8 Å². The van der Waals surface area contributed by atoms with Crippen LogP contribution in [0.1, 0.15) is 22.8 Å². The highest BCUT2D eigenvalue weighted by Crippen LogP contribution is 2.28. The van der Waals surface area contributed by atoms with Crippen molar-refractivity contribution in [1.29, 1.82) is 0 Å². The van der Waals surface area contributed by atoms with E-state index in [2.05, 4.69) is 0 Å². The van der Waals surface area contributed by atoms with Crippen LogP contribution in [-0.4, -0.2) is 44.7 Å². The minimum Gasteiger partial charge on any atom is -0.493 e. The van der Waals surface area contributed by atoms with E-state index in [4.69, 9.17) is 14.2 Å². The summed E-state index contributed by atoms with van der Waals surface area (Å²) >= 11 is 0. The molecule has 0 heterocycles. The van der Waals surface area contributed by atoms with Crippen LogP contribution >= 0.6 is 0 Å². The molecule has 2 aromatic rings. The second-order valence-corrected chi connectivity index (χ2v) is 5.69. The summed E-state index contributed by atoms with van der Waals surface area (Å²) in [5.74, 6) is 1.90. The van der Waals surface area contributed by atoms with E-state index in [-0.39, 0.29) is 5.91 Å². The molecule has 0 saturated carbocycles. The van der Waals surface area contributed by atoms with E-state index in [1.54, 1.807) is 37.3 Å².